The Morgan fingerprint density at radius 1 is 0.931 bits per heavy atom. The van der Waals surface area contributed by atoms with Gasteiger partial charge >= 0.3 is 0 Å². The third kappa shape index (κ3) is 4.95. The standard InChI is InChI=1S/C24H18ClN3.BrH/c25-24-13-20(10-11-23(24)21-4-2-1-3-5-21)16-28-17-27-15-22(28)12-18-6-8-19(14-26)9-7-18;/h1-11,13,15,17H,12,16H2;1H. The lowest BCUT2D eigenvalue weighted by Gasteiger charge is -2.11. The Bertz CT molecular complexity index is 1130. The summed E-state index contributed by atoms with van der Waals surface area (Å²) in [5, 5.41) is 9.68. The molecule has 4 aromatic rings. The highest BCUT2D eigenvalue weighted by molar-refractivity contribution is 8.93. The van der Waals surface area contributed by atoms with Crippen LogP contribution in [0.4, 0.5) is 0 Å². The molecule has 0 saturated heterocycles. The zero-order chi connectivity index (χ0) is 19.3. The number of aromatic nitrogens is 2. The van der Waals surface area contributed by atoms with Crippen molar-refractivity contribution in [2.24, 2.45) is 0 Å². The van der Waals surface area contributed by atoms with Gasteiger partial charge in [-0.05, 0) is 34.9 Å². The van der Waals surface area contributed by atoms with E-state index in [4.69, 9.17) is 16.9 Å². The fourth-order valence-corrected chi connectivity index (χ4v) is 3.56. The molecular formula is C24H19BrClN3. The zero-order valence-corrected chi connectivity index (χ0v) is 18.1. The van der Waals surface area contributed by atoms with Gasteiger partial charge in [0.1, 0.15) is 0 Å². The molecule has 5 heteroatoms. The SMILES string of the molecule is Br.N#Cc1ccc(Cc2cncn2Cc2ccc(-c3ccccc3)c(Cl)c2)cc1. The van der Waals surface area contributed by atoms with Gasteiger partial charge in [0, 0.05) is 35.4 Å². The lowest BCUT2D eigenvalue weighted by Crippen LogP contribution is -2.04. The van der Waals surface area contributed by atoms with Gasteiger partial charge in [-0.15, -0.1) is 17.0 Å². The number of hydrogen-bond donors (Lipinski definition) is 0. The highest BCUT2D eigenvalue weighted by Crippen LogP contribution is 2.29. The summed E-state index contributed by atoms with van der Waals surface area (Å²) in [4.78, 5) is 4.31. The van der Waals surface area contributed by atoms with Gasteiger partial charge in [0.15, 0.2) is 0 Å². The van der Waals surface area contributed by atoms with Crippen LogP contribution in [0.2, 0.25) is 5.02 Å². The van der Waals surface area contributed by atoms with Crippen LogP contribution in [0, 0.1) is 11.3 Å². The van der Waals surface area contributed by atoms with E-state index in [0.717, 1.165) is 39.4 Å². The maximum absolute atomic E-state index is 8.93. The van der Waals surface area contributed by atoms with E-state index in [1.165, 1.54) is 0 Å². The largest absolute Gasteiger partial charge is 0.330 e. The molecule has 0 amide bonds. The number of rotatable bonds is 5. The number of halogens is 2. The molecule has 0 unspecified atom stereocenters. The van der Waals surface area contributed by atoms with Gasteiger partial charge in [-0.1, -0.05) is 66.2 Å². The molecule has 3 nitrogen and oxygen atoms in total. The molecule has 0 atom stereocenters. The van der Waals surface area contributed by atoms with Crippen molar-refractivity contribution in [3.05, 3.63) is 113 Å². The summed E-state index contributed by atoms with van der Waals surface area (Å²) in [7, 11) is 0. The summed E-state index contributed by atoms with van der Waals surface area (Å²) < 4.78 is 2.13. The van der Waals surface area contributed by atoms with E-state index < -0.39 is 0 Å². The van der Waals surface area contributed by atoms with Gasteiger partial charge in [0.25, 0.3) is 0 Å². The summed E-state index contributed by atoms with van der Waals surface area (Å²) in [5.74, 6) is 0. The molecule has 3 aromatic carbocycles. The fraction of sp³-hybridized carbons (Fsp3) is 0.0833. The van der Waals surface area contributed by atoms with Crippen LogP contribution in [-0.2, 0) is 13.0 Å². The molecule has 0 saturated carbocycles. The second-order valence-corrected chi connectivity index (χ2v) is 7.09. The number of imidazole rings is 1. The summed E-state index contributed by atoms with van der Waals surface area (Å²) in [6.07, 6.45) is 4.50. The van der Waals surface area contributed by atoms with Crippen LogP contribution in [0.25, 0.3) is 11.1 Å². The Hall–Kier alpha value is -2.87. The van der Waals surface area contributed by atoms with Crippen molar-refractivity contribution in [3.63, 3.8) is 0 Å². The maximum atomic E-state index is 8.93. The third-order valence-corrected chi connectivity index (χ3v) is 5.05. The second-order valence-electron chi connectivity index (χ2n) is 6.68. The Labute approximate surface area is 186 Å². The van der Waals surface area contributed by atoms with Gasteiger partial charge in [0.2, 0.25) is 0 Å². The average Bonchev–Trinajstić information content (AvgIpc) is 3.16. The minimum atomic E-state index is 0. The first-order valence-electron chi connectivity index (χ1n) is 9.05. The maximum Gasteiger partial charge on any atom is 0.0991 e. The van der Waals surface area contributed by atoms with Crippen molar-refractivity contribution in [1.82, 2.24) is 9.55 Å². The molecule has 0 spiro atoms. The van der Waals surface area contributed by atoms with Crippen LogP contribution in [0.5, 0.6) is 0 Å². The van der Waals surface area contributed by atoms with Crippen molar-refractivity contribution < 1.29 is 0 Å². The molecule has 144 valence electrons. The Kier molecular flexibility index (Phi) is 6.87. The van der Waals surface area contributed by atoms with Crippen LogP contribution in [-0.4, -0.2) is 9.55 Å². The monoisotopic (exact) mass is 463 g/mol. The molecule has 0 aliphatic heterocycles. The van der Waals surface area contributed by atoms with Gasteiger partial charge in [0.05, 0.1) is 18.0 Å². The molecule has 0 N–H and O–H groups in total. The van der Waals surface area contributed by atoms with Crippen LogP contribution in [0.15, 0.2) is 85.3 Å². The minimum Gasteiger partial charge on any atom is -0.330 e. The molecule has 0 radical (unpaired) electrons. The summed E-state index contributed by atoms with van der Waals surface area (Å²) in [5.41, 5.74) is 6.22. The molecular weight excluding hydrogens is 446 g/mol. The first-order valence-corrected chi connectivity index (χ1v) is 9.42. The molecule has 0 fully saturated rings. The Morgan fingerprint density at radius 2 is 1.66 bits per heavy atom. The summed E-state index contributed by atoms with van der Waals surface area (Å²) in [6.45, 7) is 0.709. The summed E-state index contributed by atoms with van der Waals surface area (Å²) >= 11 is 6.55. The average molecular weight is 465 g/mol. The molecule has 29 heavy (non-hydrogen) atoms. The molecule has 0 aliphatic carbocycles. The smallest absolute Gasteiger partial charge is 0.0991 e. The predicted octanol–water partition coefficient (Wildman–Crippen LogP) is 6.29. The van der Waals surface area contributed by atoms with Crippen molar-refractivity contribution in [1.29, 1.82) is 5.26 Å². The van der Waals surface area contributed by atoms with Crippen LogP contribution < -0.4 is 0 Å². The van der Waals surface area contributed by atoms with Crippen molar-refractivity contribution in [2.45, 2.75) is 13.0 Å². The normalized spacial score (nSPS) is 10.2. The molecule has 0 aliphatic rings. The number of nitriles is 1. The van der Waals surface area contributed by atoms with Crippen molar-refractivity contribution in [3.8, 4) is 17.2 Å². The minimum absolute atomic E-state index is 0. The van der Waals surface area contributed by atoms with E-state index >= 15 is 0 Å². The van der Waals surface area contributed by atoms with Crippen molar-refractivity contribution >= 4 is 28.6 Å². The fourth-order valence-electron chi connectivity index (χ4n) is 3.25. The highest BCUT2D eigenvalue weighted by atomic mass is 79.9. The zero-order valence-electron chi connectivity index (χ0n) is 15.6. The lowest BCUT2D eigenvalue weighted by atomic mass is 10.0. The third-order valence-electron chi connectivity index (χ3n) is 4.74. The topological polar surface area (TPSA) is 41.6 Å². The molecule has 1 aromatic heterocycles. The lowest BCUT2D eigenvalue weighted by molar-refractivity contribution is 0.753. The van der Waals surface area contributed by atoms with E-state index in [1.54, 1.807) is 0 Å². The Morgan fingerprint density at radius 3 is 2.34 bits per heavy atom. The molecule has 4 rings (SSSR count). The van der Waals surface area contributed by atoms with E-state index in [9.17, 15) is 0 Å². The second kappa shape index (κ2) is 9.56. The van der Waals surface area contributed by atoms with Crippen LogP contribution in [0.3, 0.4) is 0 Å². The van der Waals surface area contributed by atoms with Gasteiger partial charge in [-0.25, -0.2) is 4.98 Å². The first-order chi connectivity index (χ1) is 13.7. The van der Waals surface area contributed by atoms with Crippen molar-refractivity contribution in [2.75, 3.05) is 0 Å². The van der Waals surface area contributed by atoms with E-state index in [0.29, 0.717) is 12.1 Å². The van der Waals surface area contributed by atoms with E-state index in [2.05, 4.69) is 39.9 Å². The van der Waals surface area contributed by atoms with Gasteiger partial charge in [-0.2, -0.15) is 5.26 Å². The molecule has 1 heterocycles. The molecule has 0 bridgehead atoms. The Balaban J connectivity index is 0.00000240. The summed E-state index contributed by atoms with van der Waals surface area (Å²) in [6, 6.07) is 26.2. The predicted molar refractivity (Wildman–Crippen MR) is 123 cm³/mol. The number of benzene rings is 3. The quantitative estimate of drug-likeness (QED) is 0.348. The van der Waals surface area contributed by atoms with E-state index in [1.807, 2.05) is 61.1 Å². The highest BCUT2D eigenvalue weighted by Gasteiger charge is 2.08. The van der Waals surface area contributed by atoms with Gasteiger partial charge < -0.3 is 4.57 Å². The number of hydrogen-bond acceptors (Lipinski definition) is 2. The van der Waals surface area contributed by atoms with Crippen LogP contribution >= 0.6 is 28.6 Å². The van der Waals surface area contributed by atoms with Crippen LogP contribution in [0.1, 0.15) is 22.4 Å². The van der Waals surface area contributed by atoms with E-state index in [-0.39, 0.29) is 17.0 Å². The van der Waals surface area contributed by atoms with Gasteiger partial charge in [-0.3, -0.25) is 0 Å². The first kappa shape index (κ1) is 20.9. The number of nitrogens with zero attached hydrogens (tertiary/aromatic N) is 3.